The SMILES string of the molecule is CC(CCNc1c(F)cc(N)cc1F)S(C)=O. The second kappa shape index (κ2) is 5.95. The van der Waals surface area contributed by atoms with Crippen LogP contribution >= 0.6 is 0 Å². The summed E-state index contributed by atoms with van der Waals surface area (Å²) < 4.78 is 37.8. The molecule has 2 unspecified atom stereocenters. The van der Waals surface area contributed by atoms with Gasteiger partial charge in [0.1, 0.15) is 5.69 Å². The van der Waals surface area contributed by atoms with E-state index in [1.807, 2.05) is 6.92 Å². The van der Waals surface area contributed by atoms with Crippen LogP contribution in [0.4, 0.5) is 20.2 Å². The minimum Gasteiger partial charge on any atom is -0.399 e. The zero-order valence-electron chi connectivity index (χ0n) is 9.80. The minimum absolute atomic E-state index is 0.0117. The van der Waals surface area contributed by atoms with Crippen LogP contribution in [0, 0.1) is 11.6 Å². The molecular weight excluding hydrogens is 246 g/mol. The van der Waals surface area contributed by atoms with E-state index in [0.29, 0.717) is 13.0 Å². The van der Waals surface area contributed by atoms with Crippen molar-refractivity contribution in [1.82, 2.24) is 0 Å². The van der Waals surface area contributed by atoms with E-state index in [4.69, 9.17) is 5.73 Å². The molecule has 3 nitrogen and oxygen atoms in total. The third-order valence-electron chi connectivity index (χ3n) is 2.48. The summed E-state index contributed by atoms with van der Waals surface area (Å²) in [7, 11) is -0.930. The molecule has 1 aromatic carbocycles. The Kier molecular flexibility index (Phi) is 4.86. The lowest BCUT2D eigenvalue weighted by atomic mass is 10.2. The Balaban J connectivity index is 2.61. The van der Waals surface area contributed by atoms with E-state index in [2.05, 4.69) is 5.32 Å². The van der Waals surface area contributed by atoms with Gasteiger partial charge in [-0.15, -0.1) is 0 Å². The fraction of sp³-hybridized carbons (Fsp3) is 0.455. The molecule has 96 valence electrons. The molecular formula is C11H16F2N2OS. The maximum atomic E-state index is 13.4. The quantitative estimate of drug-likeness (QED) is 0.799. The monoisotopic (exact) mass is 262 g/mol. The molecule has 0 saturated heterocycles. The molecule has 2 atom stereocenters. The lowest BCUT2D eigenvalue weighted by molar-refractivity contribution is 0.588. The Morgan fingerprint density at radius 3 is 2.41 bits per heavy atom. The molecule has 3 N–H and O–H groups in total. The molecule has 0 saturated carbocycles. The third-order valence-corrected chi connectivity index (χ3v) is 3.85. The Morgan fingerprint density at radius 1 is 1.41 bits per heavy atom. The van der Waals surface area contributed by atoms with Gasteiger partial charge in [0.2, 0.25) is 0 Å². The smallest absolute Gasteiger partial charge is 0.151 e. The summed E-state index contributed by atoms with van der Waals surface area (Å²) in [4.78, 5) is 0. The van der Waals surface area contributed by atoms with Crippen molar-refractivity contribution in [2.75, 3.05) is 23.9 Å². The lowest BCUT2D eigenvalue weighted by Crippen LogP contribution is -2.16. The van der Waals surface area contributed by atoms with Gasteiger partial charge in [-0.3, -0.25) is 4.21 Å². The molecule has 1 rings (SSSR count). The highest BCUT2D eigenvalue weighted by Gasteiger charge is 2.11. The molecule has 0 aliphatic heterocycles. The second-order valence-electron chi connectivity index (χ2n) is 3.88. The first kappa shape index (κ1) is 13.9. The summed E-state index contributed by atoms with van der Waals surface area (Å²) in [5.74, 6) is -1.43. The van der Waals surface area contributed by atoms with Crippen LogP contribution in [-0.4, -0.2) is 22.3 Å². The summed E-state index contributed by atoms with van der Waals surface area (Å²) in [5, 5.41) is 2.64. The number of hydrogen-bond donors (Lipinski definition) is 2. The zero-order chi connectivity index (χ0) is 13.0. The summed E-state index contributed by atoms with van der Waals surface area (Å²) >= 11 is 0. The number of nitrogens with one attached hydrogen (secondary N) is 1. The highest BCUT2D eigenvalue weighted by molar-refractivity contribution is 7.84. The summed E-state index contributed by atoms with van der Waals surface area (Å²) in [6, 6.07) is 2.12. The molecule has 0 amide bonds. The van der Waals surface area contributed by atoms with Gasteiger partial charge in [0.15, 0.2) is 11.6 Å². The summed E-state index contributed by atoms with van der Waals surface area (Å²) in [6.45, 7) is 2.19. The van der Waals surface area contributed by atoms with Crippen LogP contribution in [0.1, 0.15) is 13.3 Å². The van der Waals surface area contributed by atoms with Gasteiger partial charge >= 0.3 is 0 Å². The van der Waals surface area contributed by atoms with Crippen LogP contribution in [0.25, 0.3) is 0 Å². The van der Waals surface area contributed by atoms with E-state index >= 15 is 0 Å². The standard InChI is InChI=1S/C11H16F2N2OS/c1-7(17(2)16)3-4-15-11-9(12)5-8(14)6-10(11)13/h5-7,15H,3-4,14H2,1-2H3. The number of anilines is 2. The number of halogens is 2. The van der Waals surface area contributed by atoms with Crippen LogP contribution in [0.2, 0.25) is 0 Å². The highest BCUT2D eigenvalue weighted by atomic mass is 32.2. The van der Waals surface area contributed by atoms with Crippen molar-refractivity contribution >= 4 is 22.2 Å². The molecule has 0 heterocycles. The van der Waals surface area contributed by atoms with Gasteiger partial charge in [-0.2, -0.15) is 0 Å². The van der Waals surface area contributed by atoms with Gasteiger partial charge in [0, 0.05) is 34.5 Å². The van der Waals surface area contributed by atoms with E-state index in [1.54, 1.807) is 6.26 Å². The zero-order valence-corrected chi connectivity index (χ0v) is 10.6. The van der Waals surface area contributed by atoms with Crippen LogP contribution in [0.3, 0.4) is 0 Å². The second-order valence-corrected chi connectivity index (χ2v) is 5.69. The molecule has 0 aromatic heterocycles. The third kappa shape index (κ3) is 3.96. The molecule has 6 heteroatoms. The van der Waals surface area contributed by atoms with Crippen molar-refractivity contribution in [3.63, 3.8) is 0 Å². The number of nitrogens with two attached hydrogens (primary N) is 1. The molecule has 0 radical (unpaired) electrons. The highest BCUT2D eigenvalue weighted by Crippen LogP contribution is 2.21. The minimum atomic E-state index is -0.930. The Bertz CT molecular complexity index is 403. The molecule has 0 fully saturated rings. The van der Waals surface area contributed by atoms with Crippen LogP contribution in [0.15, 0.2) is 12.1 Å². The van der Waals surface area contributed by atoms with E-state index in [1.165, 1.54) is 0 Å². The Labute approximate surface area is 102 Å². The van der Waals surface area contributed by atoms with E-state index in [9.17, 15) is 13.0 Å². The van der Waals surface area contributed by atoms with Crippen molar-refractivity contribution < 1.29 is 13.0 Å². The molecule has 17 heavy (non-hydrogen) atoms. The number of nitrogen functional groups attached to an aromatic ring is 1. The molecule has 0 aliphatic carbocycles. The first-order chi connectivity index (χ1) is 7.91. The first-order valence-corrected chi connectivity index (χ1v) is 6.84. The van der Waals surface area contributed by atoms with E-state index < -0.39 is 22.4 Å². The molecule has 0 spiro atoms. The van der Waals surface area contributed by atoms with Crippen LogP contribution in [0.5, 0.6) is 0 Å². The van der Waals surface area contributed by atoms with Crippen molar-refractivity contribution in [1.29, 1.82) is 0 Å². The first-order valence-electron chi connectivity index (χ1n) is 5.22. The van der Waals surface area contributed by atoms with Crippen molar-refractivity contribution in [3.8, 4) is 0 Å². The average Bonchev–Trinajstić information content (AvgIpc) is 2.21. The van der Waals surface area contributed by atoms with Gasteiger partial charge in [0.25, 0.3) is 0 Å². The van der Waals surface area contributed by atoms with Gasteiger partial charge in [-0.25, -0.2) is 8.78 Å². The lowest BCUT2D eigenvalue weighted by Gasteiger charge is -2.12. The maximum Gasteiger partial charge on any atom is 0.151 e. The fourth-order valence-electron chi connectivity index (χ4n) is 1.33. The largest absolute Gasteiger partial charge is 0.399 e. The van der Waals surface area contributed by atoms with Crippen molar-refractivity contribution in [2.45, 2.75) is 18.6 Å². The maximum absolute atomic E-state index is 13.4. The Hall–Kier alpha value is -1.17. The number of hydrogen-bond acceptors (Lipinski definition) is 3. The topological polar surface area (TPSA) is 55.1 Å². The number of rotatable bonds is 5. The van der Waals surface area contributed by atoms with Gasteiger partial charge in [0.05, 0.1) is 0 Å². The van der Waals surface area contributed by atoms with Crippen LogP contribution in [-0.2, 0) is 10.8 Å². The molecule has 0 bridgehead atoms. The van der Waals surface area contributed by atoms with E-state index in [-0.39, 0.29) is 16.6 Å². The number of benzene rings is 1. The fourth-order valence-corrected chi connectivity index (χ4v) is 1.78. The van der Waals surface area contributed by atoms with Gasteiger partial charge in [-0.1, -0.05) is 6.92 Å². The van der Waals surface area contributed by atoms with Crippen LogP contribution < -0.4 is 11.1 Å². The predicted molar refractivity (Wildman–Crippen MR) is 67.4 cm³/mol. The average molecular weight is 262 g/mol. The predicted octanol–water partition coefficient (Wildman–Crippen LogP) is 2.12. The van der Waals surface area contributed by atoms with Gasteiger partial charge in [-0.05, 0) is 18.6 Å². The van der Waals surface area contributed by atoms with Crippen molar-refractivity contribution in [2.24, 2.45) is 0 Å². The molecule has 1 aromatic rings. The molecule has 0 aliphatic rings. The summed E-state index contributed by atoms with van der Waals surface area (Å²) in [6.07, 6.45) is 2.18. The van der Waals surface area contributed by atoms with Crippen molar-refractivity contribution in [3.05, 3.63) is 23.8 Å². The summed E-state index contributed by atoms with van der Waals surface area (Å²) in [5.41, 5.74) is 5.16. The van der Waals surface area contributed by atoms with Gasteiger partial charge < -0.3 is 11.1 Å². The normalized spacial score (nSPS) is 14.4. The Morgan fingerprint density at radius 2 is 1.94 bits per heavy atom. The van der Waals surface area contributed by atoms with E-state index in [0.717, 1.165) is 12.1 Å².